The first-order valence-corrected chi connectivity index (χ1v) is 31.4. The summed E-state index contributed by atoms with van der Waals surface area (Å²) in [7, 11) is 0. The third kappa shape index (κ3) is 55.8. The maximum Gasteiger partial charge on any atom is 0.305 e. The van der Waals surface area contributed by atoms with Gasteiger partial charge < -0.3 is 20.3 Å². The molecule has 0 aromatic rings. The number of hydrogen-bond acceptors (Lipinski definition) is 5. The molecular formula is C63H123NO5. The number of allylic oxidation sites excluding steroid dienone is 2. The number of rotatable bonds is 59. The van der Waals surface area contributed by atoms with Crippen molar-refractivity contribution >= 4 is 11.9 Å². The van der Waals surface area contributed by atoms with E-state index < -0.39 is 12.1 Å². The second-order valence-electron chi connectivity index (χ2n) is 21.7. The summed E-state index contributed by atoms with van der Waals surface area (Å²) >= 11 is 0. The first kappa shape index (κ1) is 67.6. The largest absolute Gasteiger partial charge is 0.466 e. The minimum atomic E-state index is -0.660. The van der Waals surface area contributed by atoms with Crippen molar-refractivity contribution in [1.29, 1.82) is 0 Å². The van der Waals surface area contributed by atoms with E-state index >= 15 is 0 Å². The van der Waals surface area contributed by atoms with Crippen LogP contribution in [0.1, 0.15) is 354 Å². The Hall–Kier alpha value is -1.40. The van der Waals surface area contributed by atoms with Crippen molar-refractivity contribution < 1.29 is 24.5 Å². The van der Waals surface area contributed by atoms with Crippen molar-refractivity contribution in [3.63, 3.8) is 0 Å². The lowest BCUT2D eigenvalue weighted by Gasteiger charge is -2.22. The fraction of sp³-hybridized carbons (Fsp3) is 0.937. The maximum absolute atomic E-state index is 12.4. The molecule has 6 heteroatoms. The van der Waals surface area contributed by atoms with E-state index in [4.69, 9.17) is 4.74 Å². The summed E-state index contributed by atoms with van der Waals surface area (Å²) in [6.45, 7) is 4.96. The van der Waals surface area contributed by atoms with Crippen LogP contribution in [0.3, 0.4) is 0 Å². The monoisotopic (exact) mass is 974 g/mol. The first-order chi connectivity index (χ1) is 34.0. The maximum atomic E-state index is 12.4. The molecule has 0 aliphatic rings. The molecule has 0 radical (unpaired) electrons. The van der Waals surface area contributed by atoms with Gasteiger partial charge >= 0.3 is 5.97 Å². The minimum Gasteiger partial charge on any atom is -0.466 e. The van der Waals surface area contributed by atoms with Gasteiger partial charge in [0.2, 0.25) is 5.91 Å². The van der Waals surface area contributed by atoms with Crippen LogP contribution in [0.4, 0.5) is 0 Å². The molecule has 0 saturated heterocycles. The van der Waals surface area contributed by atoms with E-state index in [9.17, 15) is 19.8 Å². The Balaban J connectivity index is 3.33. The molecule has 410 valence electrons. The topological polar surface area (TPSA) is 95.9 Å². The molecule has 0 rings (SSSR count). The fourth-order valence-corrected chi connectivity index (χ4v) is 9.99. The zero-order chi connectivity index (χ0) is 50.0. The van der Waals surface area contributed by atoms with Crippen LogP contribution >= 0.6 is 0 Å². The van der Waals surface area contributed by atoms with E-state index in [0.717, 1.165) is 38.5 Å². The van der Waals surface area contributed by atoms with E-state index in [-0.39, 0.29) is 18.5 Å². The Bertz CT molecular complexity index is 1030. The van der Waals surface area contributed by atoms with Gasteiger partial charge in [0, 0.05) is 12.8 Å². The summed E-state index contributed by atoms with van der Waals surface area (Å²) < 4.78 is 5.47. The SMILES string of the molecule is CCCCCCCCCCCCCC(=O)OCCCCCCCCCCCCCC/C=C\CCCCCCCCCCCCCCCCCC(=O)NC(CO)C(O)CCCCCCCCCCCC. The van der Waals surface area contributed by atoms with Crippen LogP contribution in [0.25, 0.3) is 0 Å². The van der Waals surface area contributed by atoms with Gasteiger partial charge in [0.1, 0.15) is 0 Å². The highest BCUT2D eigenvalue weighted by atomic mass is 16.5. The van der Waals surface area contributed by atoms with E-state index in [1.54, 1.807) is 0 Å². The molecule has 0 fully saturated rings. The molecule has 0 saturated carbocycles. The van der Waals surface area contributed by atoms with Crippen LogP contribution in [-0.2, 0) is 14.3 Å². The lowest BCUT2D eigenvalue weighted by molar-refractivity contribution is -0.143. The molecule has 0 aliphatic heterocycles. The Morgan fingerprint density at radius 3 is 1.03 bits per heavy atom. The van der Waals surface area contributed by atoms with Crippen LogP contribution in [0.2, 0.25) is 0 Å². The number of unbranched alkanes of at least 4 members (excludes halogenated alkanes) is 46. The predicted molar refractivity (Wildman–Crippen MR) is 301 cm³/mol. The van der Waals surface area contributed by atoms with Gasteiger partial charge in [0.15, 0.2) is 0 Å². The number of aliphatic hydroxyl groups excluding tert-OH is 2. The van der Waals surface area contributed by atoms with Gasteiger partial charge in [-0.3, -0.25) is 9.59 Å². The van der Waals surface area contributed by atoms with Gasteiger partial charge in [0.25, 0.3) is 0 Å². The Morgan fingerprint density at radius 2 is 0.681 bits per heavy atom. The number of carbonyl (C=O) groups excluding carboxylic acids is 2. The molecule has 0 bridgehead atoms. The smallest absolute Gasteiger partial charge is 0.305 e. The average Bonchev–Trinajstić information content (AvgIpc) is 3.35. The summed E-state index contributed by atoms with van der Waals surface area (Å²) in [6.07, 6.45) is 71.0. The fourth-order valence-electron chi connectivity index (χ4n) is 9.99. The van der Waals surface area contributed by atoms with Gasteiger partial charge in [-0.15, -0.1) is 0 Å². The Morgan fingerprint density at radius 1 is 0.391 bits per heavy atom. The molecule has 2 atom stereocenters. The van der Waals surface area contributed by atoms with Gasteiger partial charge in [0.05, 0.1) is 25.4 Å². The highest BCUT2D eigenvalue weighted by Gasteiger charge is 2.20. The van der Waals surface area contributed by atoms with Crippen molar-refractivity contribution in [2.45, 2.75) is 366 Å². The number of esters is 1. The van der Waals surface area contributed by atoms with Crippen molar-refractivity contribution in [2.75, 3.05) is 13.2 Å². The molecule has 0 aliphatic carbocycles. The number of amides is 1. The summed E-state index contributed by atoms with van der Waals surface area (Å²) in [5.74, 6) is -0.0152. The van der Waals surface area contributed by atoms with Crippen LogP contribution in [0.15, 0.2) is 12.2 Å². The molecule has 6 nitrogen and oxygen atoms in total. The van der Waals surface area contributed by atoms with Crippen molar-refractivity contribution in [1.82, 2.24) is 5.32 Å². The minimum absolute atomic E-state index is 0.0177. The highest BCUT2D eigenvalue weighted by Crippen LogP contribution is 2.18. The second kappa shape index (κ2) is 59.2. The summed E-state index contributed by atoms with van der Waals surface area (Å²) in [5.41, 5.74) is 0. The van der Waals surface area contributed by atoms with Gasteiger partial charge in [-0.25, -0.2) is 0 Å². The number of carbonyl (C=O) groups is 2. The molecular weight excluding hydrogens is 851 g/mol. The zero-order valence-electron chi connectivity index (χ0n) is 46.8. The predicted octanol–water partition coefficient (Wildman–Crippen LogP) is 19.6. The van der Waals surface area contributed by atoms with Gasteiger partial charge in [-0.2, -0.15) is 0 Å². The summed E-state index contributed by atoms with van der Waals surface area (Å²) in [5, 5.41) is 23.2. The summed E-state index contributed by atoms with van der Waals surface area (Å²) in [4.78, 5) is 24.4. The summed E-state index contributed by atoms with van der Waals surface area (Å²) in [6, 6.07) is -0.537. The molecule has 3 N–H and O–H groups in total. The number of aliphatic hydroxyl groups is 2. The number of nitrogens with one attached hydrogen (secondary N) is 1. The molecule has 0 heterocycles. The van der Waals surface area contributed by atoms with E-state index in [1.165, 1.54) is 283 Å². The third-order valence-corrected chi connectivity index (χ3v) is 14.8. The van der Waals surface area contributed by atoms with Crippen molar-refractivity contribution in [2.24, 2.45) is 0 Å². The molecule has 1 amide bonds. The lowest BCUT2D eigenvalue weighted by atomic mass is 10.0. The number of hydrogen-bond donors (Lipinski definition) is 3. The standard InChI is InChI=1S/C63H123NO5/c1-3-5-7-9-11-13-36-41-45-49-53-57-63(68)69-58-54-50-46-42-38-35-33-31-29-27-25-23-21-19-17-15-16-18-20-22-24-26-28-30-32-34-37-40-44-48-52-56-62(67)64-60(59-65)61(66)55-51-47-43-39-14-12-10-8-6-4-2/h17,19,60-61,65-66H,3-16,18,20-59H2,1-2H3,(H,64,67)/b19-17-. The number of ether oxygens (including phenoxy) is 1. The third-order valence-electron chi connectivity index (χ3n) is 14.8. The normalized spacial score (nSPS) is 12.6. The molecule has 69 heavy (non-hydrogen) atoms. The average molecular weight is 975 g/mol. The van der Waals surface area contributed by atoms with Crippen LogP contribution in [0.5, 0.6) is 0 Å². The Labute approximate surface area is 431 Å². The van der Waals surface area contributed by atoms with Gasteiger partial charge in [-0.1, -0.05) is 302 Å². The van der Waals surface area contributed by atoms with Crippen LogP contribution in [0, 0.1) is 0 Å². The highest BCUT2D eigenvalue weighted by molar-refractivity contribution is 5.76. The van der Waals surface area contributed by atoms with E-state index in [2.05, 4.69) is 31.3 Å². The quantitative estimate of drug-likeness (QED) is 0.0321. The first-order valence-electron chi connectivity index (χ1n) is 31.4. The molecule has 0 aromatic carbocycles. The van der Waals surface area contributed by atoms with E-state index in [0.29, 0.717) is 25.9 Å². The molecule has 0 aromatic heterocycles. The molecule has 0 spiro atoms. The lowest BCUT2D eigenvalue weighted by Crippen LogP contribution is -2.45. The Kier molecular flexibility index (Phi) is 58.0. The van der Waals surface area contributed by atoms with Crippen LogP contribution < -0.4 is 5.32 Å². The van der Waals surface area contributed by atoms with E-state index in [1.807, 2.05) is 0 Å². The zero-order valence-corrected chi connectivity index (χ0v) is 46.8. The molecule has 2 unspecified atom stereocenters. The van der Waals surface area contributed by atoms with Crippen molar-refractivity contribution in [3.8, 4) is 0 Å². The van der Waals surface area contributed by atoms with Crippen molar-refractivity contribution in [3.05, 3.63) is 12.2 Å². The van der Waals surface area contributed by atoms with Gasteiger partial charge in [-0.05, 0) is 51.4 Å². The second-order valence-corrected chi connectivity index (χ2v) is 21.7. The van der Waals surface area contributed by atoms with Crippen LogP contribution in [-0.4, -0.2) is 47.4 Å².